The Morgan fingerprint density at radius 2 is 1.49 bits per heavy atom. The summed E-state index contributed by atoms with van der Waals surface area (Å²) in [5.41, 5.74) is 1.48. The number of para-hydroxylation sites is 2. The Labute approximate surface area is 205 Å². The molecule has 0 aliphatic heterocycles. The number of esters is 1. The van der Waals surface area contributed by atoms with Crippen LogP contribution >= 0.6 is 0 Å². The maximum Gasteiger partial charge on any atom is 0.338 e. The second-order valence-electron chi connectivity index (χ2n) is 7.84. The number of hydrogen-bond donors (Lipinski definition) is 0. The Bertz CT molecular complexity index is 1280. The first-order valence-electron chi connectivity index (χ1n) is 10.9. The van der Waals surface area contributed by atoms with Crippen molar-refractivity contribution in [2.24, 2.45) is 0 Å². The van der Waals surface area contributed by atoms with Crippen LogP contribution in [0.1, 0.15) is 28.9 Å². The summed E-state index contributed by atoms with van der Waals surface area (Å²) in [6, 6.07) is 21.4. The number of anilines is 1. The van der Waals surface area contributed by atoms with Gasteiger partial charge in [0.1, 0.15) is 5.75 Å². The molecule has 0 heterocycles. The summed E-state index contributed by atoms with van der Waals surface area (Å²) in [6.45, 7) is 1.46. The summed E-state index contributed by atoms with van der Waals surface area (Å²) >= 11 is 0. The SMILES string of the molecule is COc1ccccc1N(C)S(=O)(=O)c1ccc(C(=O)OCC(=O)N(C)C(C)c2ccccc2)cc1. The van der Waals surface area contributed by atoms with Gasteiger partial charge in [-0.05, 0) is 48.9 Å². The van der Waals surface area contributed by atoms with Crippen molar-refractivity contribution in [1.29, 1.82) is 0 Å². The van der Waals surface area contributed by atoms with Crippen LogP contribution in [0.5, 0.6) is 5.75 Å². The van der Waals surface area contributed by atoms with Gasteiger partial charge in [0.2, 0.25) is 0 Å². The van der Waals surface area contributed by atoms with E-state index in [1.165, 1.54) is 43.3 Å². The maximum atomic E-state index is 13.1. The lowest BCUT2D eigenvalue weighted by Crippen LogP contribution is -2.33. The van der Waals surface area contributed by atoms with Crippen LogP contribution in [0.15, 0.2) is 83.8 Å². The lowest BCUT2D eigenvalue weighted by Gasteiger charge is -2.25. The lowest BCUT2D eigenvalue weighted by atomic mass is 10.1. The predicted molar refractivity (Wildman–Crippen MR) is 133 cm³/mol. The van der Waals surface area contributed by atoms with Crippen molar-refractivity contribution in [3.63, 3.8) is 0 Å². The van der Waals surface area contributed by atoms with E-state index in [0.29, 0.717) is 11.4 Å². The predicted octanol–water partition coefficient (Wildman–Crippen LogP) is 3.90. The van der Waals surface area contributed by atoms with Gasteiger partial charge < -0.3 is 14.4 Å². The van der Waals surface area contributed by atoms with Crippen LogP contribution in [-0.4, -0.2) is 53.0 Å². The Balaban J connectivity index is 1.65. The standard InChI is InChI=1S/C26H28N2O6S/c1-19(20-10-6-5-7-11-20)27(2)25(29)18-34-26(30)21-14-16-22(17-15-21)35(31,32)28(3)23-12-8-9-13-24(23)33-4/h5-17,19H,18H2,1-4H3. The van der Waals surface area contributed by atoms with E-state index in [2.05, 4.69) is 0 Å². The minimum Gasteiger partial charge on any atom is -0.495 e. The third kappa shape index (κ3) is 5.81. The first-order chi connectivity index (χ1) is 16.7. The van der Waals surface area contributed by atoms with E-state index in [9.17, 15) is 18.0 Å². The van der Waals surface area contributed by atoms with Crippen molar-refractivity contribution in [2.75, 3.05) is 32.1 Å². The van der Waals surface area contributed by atoms with Crippen LogP contribution in [0.2, 0.25) is 0 Å². The summed E-state index contributed by atoms with van der Waals surface area (Å²) in [7, 11) is 0.632. The van der Waals surface area contributed by atoms with Crippen LogP contribution in [0, 0.1) is 0 Å². The number of likely N-dealkylation sites (N-methyl/N-ethyl adjacent to an activating group) is 1. The van der Waals surface area contributed by atoms with Crippen LogP contribution in [0.4, 0.5) is 5.69 Å². The van der Waals surface area contributed by atoms with Gasteiger partial charge in [0, 0.05) is 14.1 Å². The van der Waals surface area contributed by atoms with Gasteiger partial charge in [-0.3, -0.25) is 9.10 Å². The average molecular weight is 497 g/mol. The molecule has 0 spiro atoms. The summed E-state index contributed by atoms with van der Waals surface area (Å²) in [5.74, 6) is -0.663. The van der Waals surface area contributed by atoms with Crippen LogP contribution < -0.4 is 9.04 Å². The fraction of sp³-hybridized carbons (Fsp3) is 0.231. The first-order valence-corrected chi connectivity index (χ1v) is 12.3. The largest absolute Gasteiger partial charge is 0.495 e. The third-order valence-electron chi connectivity index (χ3n) is 5.76. The van der Waals surface area contributed by atoms with Gasteiger partial charge in [-0.1, -0.05) is 42.5 Å². The Morgan fingerprint density at radius 1 is 0.886 bits per heavy atom. The zero-order valence-corrected chi connectivity index (χ0v) is 20.9. The monoisotopic (exact) mass is 496 g/mol. The minimum atomic E-state index is -3.90. The molecular weight excluding hydrogens is 468 g/mol. The fourth-order valence-electron chi connectivity index (χ4n) is 3.42. The Morgan fingerprint density at radius 3 is 2.11 bits per heavy atom. The second kappa shape index (κ2) is 11.1. The molecule has 8 nitrogen and oxygen atoms in total. The van der Waals surface area contributed by atoms with E-state index < -0.39 is 22.6 Å². The van der Waals surface area contributed by atoms with Crippen molar-refractivity contribution in [3.8, 4) is 5.75 Å². The molecule has 0 bridgehead atoms. The second-order valence-corrected chi connectivity index (χ2v) is 9.81. The highest BCUT2D eigenvalue weighted by molar-refractivity contribution is 7.92. The number of methoxy groups -OCH3 is 1. The molecule has 0 radical (unpaired) electrons. The molecular formula is C26H28N2O6S. The molecule has 0 saturated heterocycles. The van der Waals surface area contributed by atoms with Crippen molar-refractivity contribution < 1.29 is 27.5 Å². The Hall–Kier alpha value is -3.85. The molecule has 0 aromatic heterocycles. The number of rotatable bonds is 9. The van der Waals surface area contributed by atoms with E-state index in [1.807, 2.05) is 37.3 Å². The minimum absolute atomic E-state index is 0.00467. The number of sulfonamides is 1. The highest BCUT2D eigenvalue weighted by atomic mass is 32.2. The summed E-state index contributed by atoms with van der Waals surface area (Å²) in [6.07, 6.45) is 0. The molecule has 9 heteroatoms. The average Bonchev–Trinajstić information content (AvgIpc) is 2.90. The molecule has 3 rings (SSSR count). The third-order valence-corrected chi connectivity index (χ3v) is 7.54. The van der Waals surface area contributed by atoms with Crippen molar-refractivity contribution in [2.45, 2.75) is 17.9 Å². The van der Waals surface area contributed by atoms with Crippen molar-refractivity contribution in [3.05, 3.63) is 90.0 Å². The molecule has 1 unspecified atom stereocenters. The summed E-state index contributed by atoms with van der Waals surface area (Å²) in [5, 5.41) is 0. The number of amides is 1. The van der Waals surface area contributed by atoms with Crippen molar-refractivity contribution >= 4 is 27.6 Å². The zero-order valence-electron chi connectivity index (χ0n) is 20.0. The van der Waals surface area contributed by atoms with Gasteiger partial charge in [-0.25, -0.2) is 13.2 Å². The summed E-state index contributed by atoms with van der Waals surface area (Å²) in [4.78, 5) is 26.4. The van der Waals surface area contributed by atoms with Crippen molar-refractivity contribution in [1.82, 2.24) is 4.90 Å². The molecule has 0 aliphatic carbocycles. The van der Waals surface area contributed by atoms with Crippen LogP contribution in [-0.2, 0) is 19.6 Å². The first kappa shape index (κ1) is 25.8. The molecule has 1 amide bonds. The van der Waals surface area contributed by atoms with Gasteiger partial charge in [0.15, 0.2) is 6.61 Å². The van der Waals surface area contributed by atoms with Gasteiger partial charge >= 0.3 is 5.97 Å². The number of nitrogens with zero attached hydrogens (tertiary/aromatic N) is 2. The number of ether oxygens (including phenoxy) is 2. The van der Waals surface area contributed by atoms with E-state index >= 15 is 0 Å². The topological polar surface area (TPSA) is 93.2 Å². The lowest BCUT2D eigenvalue weighted by molar-refractivity contribution is -0.135. The molecule has 3 aromatic rings. The molecule has 0 fully saturated rings. The molecule has 0 saturated carbocycles. The smallest absolute Gasteiger partial charge is 0.338 e. The number of carbonyl (C=O) groups excluding carboxylic acids is 2. The molecule has 1 atom stereocenters. The van der Waals surface area contributed by atoms with E-state index in [0.717, 1.165) is 9.87 Å². The van der Waals surface area contributed by atoms with Gasteiger partial charge in [0.05, 0.1) is 29.3 Å². The van der Waals surface area contributed by atoms with Gasteiger partial charge in [-0.2, -0.15) is 0 Å². The molecule has 184 valence electrons. The quantitative estimate of drug-likeness (QED) is 0.417. The summed E-state index contributed by atoms with van der Waals surface area (Å²) < 4.78 is 37.6. The van der Waals surface area contributed by atoms with Crippen LogP contribution in [0.3, 0.4) is 0 Å². The molecule has 3 aromatic carbocycles. The van der Waals surface area contributed by atoms with E-state index in [4.69, 9.17) is 9.47 Å². The van der Waals surface area contributed by atoms with Gasteiger partial charge in [0.25, 0.3) is 15.9 Å². The normalized spacial score (nSPS) is 11.9. The molecule has 0 aliphatic rings. The number of benzene rings is 3. The van der Waals surface area contributed by atoms with Crippen LogP contribution in [0.25, 0.3) is 0 Å². The molecule has 0 N–H and O–H groups in total. The van der Waals surface area contributed by atoms with E-state index in [-0.39, 0.29) is 22.4 Å². The molecule has 35 heavy (non-hydrogen) atoms. The van der Waals surface area contributed by atoms with Gasteiger partial charge in [-0.15, -0.1) is 0 Å². The zero-order chi connectivity index (χ0) is 25.6. The maximum absolute atomic E-state index is 13.1. The highest BCUT2D eigenvalue weighted by Gasteiger charge is 2.24. The number of hydrogen-bond acceptors (Lipinski definition) is 6. The number of carbonyl (C=O) groups is 2. The fourth-order valence-corrected chi connectivity index (χ4v) is 4.63. The highest BCUT2D eigenvalue weighted by Crippen LogP contribution is 2.31. The Kier molecular flexibility index (Phi) is 8.14. The van der Waals surface area contributed by atoms with E-state index in [1.54, 1.807) is 31.3 Å².